The van der Waals surface area contributed by atoms with Gasteiger partial charge < -0.3 is 24.5 Å². The normalized spacial score (nSPS) is 19.0. The second-order valence-corrected chi connectivity index (χ2v) is 9.43. The van der Waals surface area contributed by atoms with Gasteiger partial charge in [-0.1, -0.05) is 36.4 Å². The Morgan fingerprint density at radius 1 is 1.13 bits per heavy atom. The molecule has 1 heterocycles. The molecule has 0 aliphatic carbocycles. The zero-order valence-electron chi connectivity index (χ0n) is 18.8. The SMILES string of the molecule is CC(C)(C)OC(=O)N[C@@H](C/C=C/c1ccc(B2OC(C)(C)C(C)(C)O2)cc1)C(=O)O. The second kappa shape index (κ2) is 8.82. The maximum atomic E-state index is 11.8. The van der Waals surface area contributed by atoms with Crippen LogP contribution in [0.4, 0.5) is 4.79 Å². The van der Waals surface area contributed by atoms with Gasteiger partial charge in [-0.25, -0.2) is 9.59 Å². The topological polar surface area (TPSA) is 94.1 Å². The number of nitrogens with one attached hydrogen (secondary N) is 1. The smallest absolute Gasteiger partial charge is 0.480 e. The van der Waals surface area contributed by atoms with Crippen LogP contribution in [0.25, 0.3) is 6.08 Å². The minimum Gasteiger partial charge on any atom is -0.480 e. The number of carbonyl (C=O) groups excluding carboxylic acids is 1. The lowest BCUT2D eigenvalue weighted by molar-refractivity contribution is -0.139. The fourth-order valence-corrected chi connectivity index (χ4v) is 2.75. The van der Waals surface area contributed by atoms with Gasteiger partial charge in [0.15, 0.2) is 0 Å². The van der Waals surface area contributed by atoms with Gasteiger partial charge in [0, 0.05) is 0 Å². The Kier molecular flexibility index (Phi) is 7.04. The number of hydrogen-bond donors (Lipinski definition) is 2. The Morgan fingerprint density at radius 3 is 2.13 bits per heavy atom. The van der Waals surface area contributed by atoms with Crippen molar-refractivity contribution < 1.29 is 28.7 Å². The van der Waals surface area contributed by atoms with Crippen LogP contribution in [-0.2, 0) is 18.8 Å². The molecule has 1 aromatic rings. The summed E-state index contributed by atoms with van der Waals surface area (Å²) in [6.07, 6.45) is 2.89. The minimum absolute atomic E-state index is 0.132. The fourth-order valence-electron chi connectivity index (χ4n) is 2.75. The third-order valence-corrected chi connectivity index (χ3v) is 5.13. The molecule has 0 spiro atoms. The molecule has 164 valence electrons. The Labute approximate surface area is 178 Å². The molecule has 7 nitrogen and oxygen atoms in total. The molecule has 1 fully saturated rings. The van der Waals surface area contributed by atoms with E-state index < -0.39 is 42.0 Å². The highest BCUT2D eigenvalue weighted by Gasteiger charge is 2.51. The molecule has 1 aromatic carbocycles. The number of aliphatic carboxylic acids is 1. The number of hydrogen-bond acceptors (Lipinski definition) is 5. The van der Waals surface area contributed by atoms with E-state index in [1.54, 1.807) is 32.9 Å². The van der Waals surface area contributed by atoms with Crippen LogP contribution >= 0.6 is 0 Å². The van der Waals surface area contributed by atoms with Crippen LogP contribution in [0.3, 0.4) is 0 Å². The number of carboxylic acids is 1. The van der Waals surface area contributed by atoms with Crippen molar-refractivity contribution in [3.05, 3.63) is 35.9 Å². The molecule has 0 radical (unpaired) electrons. The van der Waals surface area contributed by atoms with E-state index in [9.17, 15) is 14.7 Å². The molecule has 0 aromatic heterocycles. The third-order valence-electron chi connectivity index (χ3n) is 5.13. The summed E-state index contributed by atoms with van der Waals surface area (Å²) in [4.78, 5) is 23.2. The standard InChI is InChI=1S/C22H32BNO6/c1-20(2,3)28-19(27)24-17(18(25)26)10-8-9-15-11-13-16(14-12-15)23-29-21(4,5)22(6,7)30-23/h8-9,11-14,17H,10H2,1-7H3,(H,24,27)(H,25,26)/b9-8+/t17-/m0/s1. The third kappa shape index (κ3) is 6.34. The van der Waals surface area contributed by atoms with Crippen LogP contribution in [0.1, 0.15) is 60.5 Å². The van der Waals surface area contributed by atoms with Crippen LogP contribution in [-0.4, -0.2) is 47.1 Å². The lowest BCUT2D eigenvalue weighted by Crippen LogP contribution is -2.43. The van der Waals surface area contributed by atoms with Crippen LogP contribution in [0.2, 0.25) is 0 Å². The molecule has 1 aliphatic rings. The highest BCUT2D eigenvalue weighted by molar-refractivity contribution is 6.62. The van der Waals surface area contributed by atoms with Crippen molar-refractivity contribution >= 4 is 30.7 Å². The van der Waals surface area contributed by atoms with E-state index in [0.717, 1.165) is 11.0 Å². The Balaban J connectivity index is 1.96. The number of carboxylic acid groups (broad SMARTS) is 1. The van der Waals surface area contributed by atoms with Gasteiger partial charge in [0.1, 0.15) is 11.6 Å². The largest absolute Gasteiger partial charge is 0.494 e. The van der Waals surface area contributed by atoms with Crippen molar-refractivity contribution in [3.8, 4) is 0 Å². The van der Waals surface area contributed by atoms with Crippen molar-refractivity contribution in [2.24, 2.45) is 0 Å². The summed E-state index contributed by atoms with van der Waals surface area (Å²) in [5.41, 5.74) is 0.325. The van der Waals surface area contributed by atoms with Crippen LogP contribution in [0.15, 0.2) is 30.3 Å². The molecular weight excluding hydrogens is 385 g/mol. The number of rotatable bonds is 6. The maximum absolute atomic E-state index is 11.8. The first kappa shape index (κ1) is 24.0. The predicted octanol–water partition coefficient (Wildman–Crippen LogP) is 3.37. The van der Waals surface area contributed by atoms with Gasteiger partial charge in [0.2, 0.25) is 0 Å². The lowest BCUT2D eigenvalue weighted by atomic mass is 9.79. The van der Waals surface area contributed by atoms with Crippen LogP contribution < -0.4 is 10.8 Å². The second-order valence-electron chi connectivity index (χ2n) is 9.43. The number of benzene rings is 1. The maximum Gasteiger partial charge on any atom is 0.494 e. The molecule has 2 rings (SSSR count). The zero-order valence-corrected chi connectivity index (χ0v) is 18.8. The number of carbonyl (C=O) groups is 2. The quantitative estimate of drug-likeness (QED) is 0.690. The van der Waals surface area contributed by atoms with Gasteiger partial charge >= 0.3 is 19.2 Å². The molecule has 8 heteroatoms. The van der Waals surface area contributed by atoms with Gasteiger partial charge in [-0.2, -0.15) is 0 Å². The fraction of sp³-hybridized carbons (Fsp3) is 0.545. The number of ether oxygens (including phenoxy) is 1. The summed E-state index contributed by atoms with van der Waals surface area (Å²) in [5.74, 6) is -1.12. The van der Waals surface area contributed by atoms with Gasteiger partial charge in [-0.15, -0.1) is 0 Å². The van der Waals surface area contributed by atoms with E-state index in [-0.39, 0.29) is 6.42 Å². The molecule has 1 saturated heterocycles. The van der Waals surface area contributed by atoms with E-state index in [2.05, 4.69) is 5.32 Å². The molecule has 0 bridgehead atoms. The van der Waals surface area contributed by atoms with Crippen molar-refractivity contribution in [1.82, 2.24) is 5.32 Å². The summed E-state index contributed by atoms with van der Waals surface area (Å²) in [6.45, 7) is 13.2. The van der Waals surface area contributed by atoms with E-state index in [1.807, 2.05) is 52.0 Å². The first-order valence-corrected chi connectivity index (χ1v) is 10.0. The van der Waals surface area contributed by atoms with Crippen LogP contribution in [0.5, 0.6) is 0 Å². The van der Waals surface area contributed by atoms with Crippen molar-refractivity contribution in [3.63, 3.8) is 0 Å². The average molecular weight is 417 g/mol. The van der Waals surface area contributed by atoms with Crippen molar-refractivity contribution in [2.45, 2.75) is 77.7 Å². The molecule has 2 N–H and O–H groups in total. The Morgan fingerprint density at radius 2 is 1.67 bits per heavy atom. The first-order chi connectivity index (χ1) is 13.7. The zero-order chi connectivity index (χ0) is 22.7. The summed E-state index contributed by atoms with van der Waals surface area (Å²) >= 11 is 0. The summed E-state index contributed by atoms with van der Waals surface area (Å²) < 4.78 is 17.2. The van der Waals surface area contributed by atoms with E-state index in [0.29, 0.717) is 0 Å². The average Bonchev–Trinajstić information content (AvgIpc) is 2.80. The van der Waals surface area contributed by atoms with E-state index >= 15 is 0 Å². The van der Waals surface area contributed by atoms with Gasteiger partial charge in [-0.05, 0) is 65.9 Å². The Hall–Kier alpha value is -2.32. The lowest BCUT2D eigenvalue weighted by Gasteiger charge is -2.32. The minimum atomic E-state index is -1.12. The molecule has 1 amide bonds. The molecule has 0 unspecified atom stereocenters. The van der Waals surface area contributed by atoms with Gasteiger partial charge in [-0.3, -0.25) is 0 Å². The Bertz CT molecular complexity index is 779. The van der Waals surface area contributed by atoms with Gasteiger partial charge in [0.05, 0.1) is 11.2 Å². The molecule has 30 heavy (non-hydrogen) atoms. The van der Waals surface area contributed by atoms with Crippen molar-refractivity contribution in [1.29, 1.82) is 0 Å². The summed E-state index contributed by atoms with van der Waals surface area (Å²) in [7, 11) is -0.428. The van der Waals surface area contributed by atoms with E-state index in [4.69, 9.17) is 14.0 Å². The monoisotopic (exact) mass is 417 g/mol. The molecule has 1 atom stereocenters. The number of alkyl carbamates (subject to hydrolysis) is 1. The van der Waals surface area contributed by atoms with E-state index in [1.165, 1.54) is 0 Å². The molecule has 0 saturated carbocycles. The predicted molar refractivity (Wildman–Crippen MR) is 117 cm³/mol. The first-order valence-electron chi connectivity index (χ1n) is 10.0. The highest BCUT2D eigenvalue weighted by Crippen LogP contribution is 2.36. The summed E-state index contributed by atoms with van der Waals surface area (Å²) in [5, 5.41) is 11.7. The van der Waals surface area contributed by atoms with Crippen LogP contribution in [0, 0.1) is 0 Å². The number of amides is 1. The summed E-state index contributed by atoms with van der Waals surface area (Å²) in [6, 6.07) is 6.60. The van der Waals surface area contributed by atoms with Gasteiger partial charge in [0.25, 0.3) is 0 Å². The highest BCUT2D eigenvalue weighted by atomic mass is 16.7. The van der Waals surface area contributed by atoms with Crippen molar-refractivity contribution in [2.75, 3.05) is 0 Å². The molecule has 1 aliphatic heterocycles. The molecular formula is C22H32BNO6.